The minimum absolute atomic E-state index is 0.0954. The van der Waals surface area contributed by atoms with Crippen LogP contribution < -0.4 is 5.32 Å². The van der Waals surface area contributed by atoms with E-state index in [1.54, 1.807) is 12.1 Å². The number of hydrogen-bond acceptors (Lipinski definition) is 5. The predicted octanol–water partition coefficient (Wildman–Crippen LogP) is 2.76. The topological polar surface area (TPSA) is 82.2 Å². The number of hydrogen-bond donors (Lipinski definition) is 1. The standard InChI is InChI=1S/C14H20N4O2/c1-3-16-14-7-6-13(18(19)20)10-12(14)11-17(4-2)9-5-8-15/h6-7,10,16H,3-5,9,11H2,1-2H3. The van der Waals surface area contributed by atoms with Crippen molar-refractivity contribution >= 4 is 11.4 Å². The molecule has 0 aromatic heterocycles. The van der Waals surface area contributed by atoms with Crippen molar-refractivity contribution in [1.82, 2.24) is 4.90 Å². The summed E-state index contributed by atoms with van der Waals surface area (Å²) in [5.41, 5.74) is 1.90. The summed E-state index contributed by atoms with van der Waals surface area (Å²) in [6.07, 6.45) is 0.458. The molecule has 0 aliphatic rings. The molecule has 0 aliphatic heterocycles. The Balaban J connectivity index is 2.96. The minimum Gasteiger partial charge on any atom is -0.385 e. The summed E-state index contributed by atoms with van der Waals surface area (Å²) in [6, 6.07) is 6.98. The zero-order valence-corrected chi connectivity index (χ0v) is 11.9. The van der Waals surface area contributed by atoms with Crippen LogP contribution in [0, 0.1) is 21.4 Å². The van der Waals surface area contributed by atoms with Crippen molar-refractivity contribution in [2.45, 2.75) is 26.8 Å². The van der Waals surface area contributed by atoms with Crippen molar-refractivity contribution in [2.24, 2.45) is 0 Å². The third-order valence-electron chi connectivity index (χ3n) is 3.05. The predicted molar refractivity (Wildman–Crippen MR) is 78.4 cm³/mol. The lowest BCUT2D eigenvalue weighted by molar-refractivity contribution is -0.384. The number of rotatable bonds is 8. The Bertz CT molecular complexity index is 496. The van der Waals surface area contributed by atoms with Crippen molar-refractivity contribution in [3.8, 4) is 6.07 Å². The highest BCUT2D eigenvalue weighted by atomic mass is 16.6. The van der Waals surface area contributed by atoms with Crippen molar-refractivity contribution < 1.29 is 4.92 Å². The quantitative estimate of drug-likeness (QED) is 0.583. The number of nitro benzene ring substituents is 1. The molecular weight excluding hydrogens is 256 g/mol. The van der Waals surface area contributed by atoms with Gasteiger partial charge in [0.2, 0.25) is 0 Å². The Kier molecular flexibility index (Phi) is 6.47. The fraction of sp³-hybridized carbons (Fsp3) is 0.500. The van der Waals surface area contributed by atoms with Crippen LogP contribution in [0.3, 0.4) is 0 Å². The van der Waals surface area contributed by atoms with Gasteiger partial charge in [-0.05, 0) is 25.1 Å². The first-order valence-electron chi connectivity index (χ1n) is 6.72. The van der Waals surface area contributed by atoms with Gasteiger partial charge in [0.1, 0.15) is 0 Å². The molecule has 108 valence electrons. The van der Waals surface area contributed by atoms with Crippen LogP contribution in [0.25, 0.3) is 0 Å². The highest BCUT2D eigenvalue weighted by Crippen LogP contribution is 2.23. The van der Waals surface area contributed by atoms with E-state index in [0.717, 1.165) is 24.3 Å². The molecule has 0 aliphatic carbocycles. The van der Waals surface area contributed by atoms with Crippen LogP contribution >= 0.6 is 0 Å². The average molecular weight is 276 g/mol. The molecule has 6 heteroatoms. The molecule has 0 heterocycles. The summed E-state index contributed by atoms with van der Waals surface area (Å²) in [5, 5.41) is 22.7. The summed E-state index contributed by atoms with van der Waals surface area (Å²) in [6.45, 7) is 6.83. The molecule has 0 saturated heterocycles. The number of benzene rings is 1. The van der Waals surface area contributed by atoms with Crippen LogP contribution in [0.2, 0.25) is 0 Å². The zero-order valence-electron chi connectivity index (χ0n) is 11.9. The van der Waals surface area contributed by atoms with Crippen LogP contribution in [-0.2, 0) is 6.54 Å². The largest absolute Gasteiger partial charge is 0.385 e. The van der Waals surface area contributed by atoms with E-state index in [9.17, 15) is 10.1 Å². The van der Waals surface area contributed by atoms with E-state index in [1.807, 2.05) is 13.8 Å². The third kappa shape index (κ3) is 4.52. The maximum atomic E-state index is 10.9. The van der Waals surface area contributed by atoms with Gasteiger partial charge in [0.15, 0.2) is 0 Å². The van der Waals surface area contributed by atoms with Gasteiger partial charge in [0.25, 0.3) is 5.69 Å². The van der Waals surface area contributed by atoms with Crippen LogP contribution in [0.15, 0.2) is 18.2 Å². The number of nitrogens with zero attached hydrogens (tertiary/aromatic N) is 3. The lowest BCUT2D eigenvalue weighted by Crippen LogP contribution is -2.24. The first-order valence-corrected chi connectivity index (χ1v) is 6.72. The second kappa shape index (κ2) is 8.12. The highest BCUT2D eigenvalue weighted by Gasteiger charge is 2.13. The van der Waals surface area contributed by atoms with Gasteiger partial charge < -0.3 is 5.32 Å². The van der Waals surface area contributed by atoms with Gasteiger partial charge in [-0.1, -0.05) is 6.92 Å². The monoisotopic (exact) mass is 276 g/mol. The van der Waals surface area contributed by atoms with Crippen molar-refractivity contribution in [1.29, 1.82) is 5.26 Å². The van der Waals surface area contributed by atoms with Gasteiger partial charge in [-0.3, -0.25) is 15.0 Å². The number of nitriles is 1. The number of anilines is 1. The van der Waals surface area contributed by atoms with Gasteiger partial charge in [0, 0.05) is 43.9 Å². The van der Waals surface area contributed by atoms with Gasteiger partial charge >= 0.3 is 0 Å². The Morgan fingerprint density at radius 1 is 1.45 bits per heavy atom. The minimum atomic E-state index is -0.384. The normalized spacial score (nSPS) is 10.3. The third-order valence-corrected chi connectivity index (χ3v) is 3.05. The molecule has 1 rings (SSSR count). The van der Waals surface area contributed by atoms with E-state index < -0.39 is 0 Å². The molecule has 1 aromatic carbocycles. The molecule has 0 fully saturated rings. The number of nitro groups is 1. The Labute approximate surface area is 119 Å². The lowest BCUT2D eigenvalue weighted by Gasteiger charge is -2.21. The summed E-state index contributed by atoms with van der Waals surface area (Å²) >= 11 is 0. The highest BCUT2D eigenvalue weighted by molar-refractivity contribution is 5.56. The molecule has 0 atom stereocenters. The van der Waals surface area contributed by atoms with Crippen molar-refractivity contribution in [3.63, 3.8) is 0 Å². The van der Waals surface area contributed by atoms with Crippen molar-refractivity contribution in [2.75, 3.05) is 25.0 Å². The summed E-state index contributed by atoms with van der Waals surface area (Å²) in [7, 11) is 0. The molecule has 1 N–H and O–H groups in total. The maximum absolute atomic E-state index is 10.9. The van der Waals surface area contributed by atoms with E-state index in [2.05, 4.69) is 16.3 Å². The van der Waals surface area contributed by atoms with Gasteiger partial charge in [-0.15, -0.1) is 0 Å². The Morgan fingerprint density at radius 2 is 2.20 bits per heavy atom. The zero-order chi connectivity index (χ0) is 15.0. The lowest BCUT2D eigenvalue weighted by atomic mass is 10.1. The van der Waals surface area contributed by atoms with Gasteiger partial charge in [-0.2, -0.15) is 5.26 Å². The molecule has 0 saturated carbocycles. The molecule has 0 radical (unpaired) electrons. The Morgan fingerprint density at radius 3 is 2.75 bits per heavy atom. The summed E-state index contributed by atoms with van der Waals surface area (Å²) in [5.74, 6) is 0. The van der Waals surface area contributed by atoms with Gasteiger partial charge in [0.05, 0.1) is 11.0 Å². The van der Waals surface area contributed by atoms with Gasteiger partial charge in [-0.25, -0.2) is 0 Å². The molecule has 20 heavy (non-hydrogen) atoms. The molecule has 0 bridgehead atoms. The van der Waals surface area contributed by atoms with Crippen LogP contribution in [-0.4, -0.2) is 29.5 Å². The first kappa shape index (κ1) is 15.9. The summed E-state index contributed by atoms with van der Waals surface area (Å²) in [4.78, 5) is 12.6. The fourth-order valence-electron chi connectivity index (χ4n) is 1.99. The van der Waals surface area contributed by atoms with E-state index in [4.69, 9.17) is 5.26 Å². The van der Waals surface area contributed by atoms with Crippen molar-refractivity contribution in [3.05, 3.63) is 33.9 Å². The van der Waals surface area contributed by atoms with E-state index in [0.29, 0.717) is 19.5 Å². The van der Waals surface area contributed by atoms with E-state index in [-0.39, 0.29) is 10.6 Å². The second-order valence-corrected chi connectivity index (χ2v) is 4.41. The SMILES string of the molecule is CCNc1ccc([N+](=O)[O-])cc1CN(CC)CCC#N. The average Bonchev–Trinajstić information content (AvgIpc) is 2.44. The number of nitrogens with one attached hydrogen (secondary N) is 1. The van der Waals surface area contributed by atoms with Crippen LogP contribution in [0.5, 0.6) is 0 Å². The maximum Gasteiger partial charge on any atom is 0.269 e. The molecule has 0 amide bonds. The molecule has 1 aromatic rings. The first-order chi connectivity index (χ1) is 9.62. The molecule has 0 unspecified atom stereocenters. The number of non-ortho nitro benzene ring substituents is 1. The summed E-state index contributed by atoms with van der Waals surface area (Å²) < 4.78 is 0. The molecular formula is C14H20N4O2. The Hall–Kier alpha value is -2.13. The fourth-order valence-corrected chi connectivity index (χ4v) is 1.99. The van der Waals surface area contributed by atoms with Crippen LogP contribution in [0.4, 0.5) is 11.4 Å². The van der Waals surface area contributed by atoms with Crippen LogP contribution in [0.1, 0.15) is 25.8 Å². The smallest absolute Gasteiger partial charge is 0.269 e. The molecule has 0 spiro atoms. The second-order valence-electron chi connectivity index (χ2n) is 4.41. The van der Waals surface area contributed by atoms with E-state index >= 15 is 0 Å². The molecule has 6 nitrogen and oxygen atoms in total. The van der Waals surface area contributed by atoms with E-state index in [1.165, 1.54) is 6.07 Å².